The molecule has 0 spiro atoms. The molecule has 10 heteroatoms. The van der Waals surface area contributed by atoms with E-state index in [2.05, 4.69) is 31.8 Å². The van der Waals surface area contributed by atoms with Gasteiger partial charge in [-0.1, -0.05) is 37.8 Å². The molecule has 0 atom stereocenters. The molecule has 0 fully saturated rings. The smallest absolute Gasteiger partial charge is 0.271 e. The van der Waals surface area contributed by atoms with Crippen LogP contribution < -0.4 is 14.4 Å². The first-order valence-corrected chi connectivity index (χ1v) is 16.2. The van der Waals surface area contributed by atoms with E-state index >= 15 is 0 Å². The lowest BCUT2D eigenvalue weighted by Crippen LogP contribution is -2.22. The molecule has 194 valence electrons. The Labute approximate surface area is 221 Å². The maximum Gasteiger partial charge on any atom is 0.271 e. The van der Waals surface area contributed by atoms with Crippen LogP contribution in [0.15, 0.2) is 54.6 Å². The number of benzene rings is 3. The van der Waals surface area contributed by atoms with Crippen molar-refractivity contribution >= 4 is 53.9 Å². The van der Waals surface area contributed by atoms with Gasteiger partial charge in [0.15, 0.2) is 11.5 Å². The molecule has 2 bridgehead atoms. The fourth-order valence-electron chi connectivity index (χ4n) is 4.65. The van der Waals surface area contributed by atoms with E-state index in [-0.39, 0.29) is 17.4 Å². The Morgan fingerprint density at radius 3 is 2.71 bits per heavy atom. The molecule has 0 aliphatic carbocycles. The molecule has 3 aromatic carbocycles. The quantitative estimate of drug-likeness (QED) is 0.0885. The van der Waals surface area contributed by atoms with Crippen molar-refractivity contribution in [3.63, 3.8) is 0 Å². The van der Waals surface area contributed by atoms with Crippen molar-refractivity contribution in [2.24, 2.45) is 0 Å². The van der Waals surface area contributed by atoms with Crippen LogP contribution in [0.3, 0.4) is 0 Å². The molecule has 4 aromatic rings. The Hall–Kier alpha value is -4.15. The van der Waals surface area contributed by atoms with Crippen molar-refractivity contribution in [3.8, 4) is 11.5 Å². The number of rotatable bonds is 9. The number of hydrogen-bond donors (Lipinski definition) is 0. The van der Waals surface area contributed by atoms with Gasteiger partial charge in [-0.25, -0.2) is 4.68 Å². The van der Waals surface area contributed by atoms with Gasteiger partial charge in [-0.3, -0.25) is 10.1 Å². The maximum atomic E-state index is 11.4. The van der Waals surface area contributed by atoms with Crippen molar-refractivity contribution in [2.75, 3.05) is 18.3 Å². The molecule has 0 saturated carbocycles. The zero-order chi connectivity index (χ0) is 26.4. The lowest BCUT2D eigenvalue weighted by molar-refractivity contribution is -0.384. The Bertz CT molecular complexity index is 1590. The zero-order valence-electron chi connectivity index (χ0n) is 21.5. The summed E-state index contributed by atoms with van der Waals surface area (Å²) in [7, 11) is -1.20. The van der Waals surface area contributed by atoms with Gasteiger partial charge in [-0.05, 0) is 48.0 Å². The number of ether oxygens (including phenoxy) is 3. The van der Waals surface area contributed by atoms with Crippen LogP contribution in [-0.2, 0) is 11.5 Å². The number of nitro groups is 1. The molecular weight excluding hydrogens is 500 g/mol. The van der Waals surface area contributed by atoms with Crippen molar-refractivity contribution < 1.29 is 19.1 Å². The molecule has 0 unspecified atom stereocenters. The van der Waals surface area contributed by atoms with E-state index in [1.807, 2.05) is 46.0 Å². The third-order valence-corrected chi connectivity index (χ3v) is 8.39. The van der Waals surface area contributed by atoms with Crippen LogP contribution in [0.4, 0.5) is 22.7 Å². The molecule has 0 N–H and O–H groups in total. The number of hydrogen-bond acceptors (Lipinski definition) is 7. The number of fused-ring (bicyclic) bond motifs is 5. The number of non-ortho nitro benzene ring substituents is 1. The van der Waals surface area contributed by atoms with Crippen LogP contribution in [0.1, 0.15) is 11.3 Å². The second-order valence-corrected chi connectivity index (χ2v) is 16.3. The minimum atomic E-state index is -1.20. The van der Waals surface area contributed by atoms with Gasteiger partial charge in [0.2, 0.25) is 6.79 Å². The summed E-state index contributed by atoms with van der Waals surface area (Å²) in [5, 5.41) is 17.2. The summed E-state index contributed by atoms with van der Waals surface area (Å²) in [4.78, 5) is 13.0. The summed E-state index contributed by atoms with van der Waals surface area (Å²) >= 11 is 0. The normalized spacial score (nSPS) is 13.9. The van der Waals surface area contributed by atoms with Crippen molar-refractivity contribution in [2.45, 2.75) is 32.4 Å². The summed E-state index contributed by atoms with van der Waals surface area (Å²) in [5.41, 5.74) is 5.45. The highest BCUT2D eigenvalue weighted by Crippen LogP contribution is 2.50. The molecule has 0 saturated heterocycles. The molecule has 2 aliphatic rings. The van der Waals surface area contributed by atoms with E-state index < -0.39 is 8.07 Å². The average molecular weight is 529 g/mol. The van der Waals surface area contributed by atoms with Gasteiger partial charge < -0.3 is 19.1 Å². The molecule has 0 radical (unpaired) electrons. The highest BCUT2D eigenvalue weighted by atomic mass is 28.3. The molecule has 9 nitrogen and oxygen atoms in total. The largest absolute Gasteiger partial charge is 0.454 e. The van der Waals surface area contributed by atoms with Gasteiger partial charge in [0.25, 0.3) is 5.69 Å². The predicted molar refractivity (Wildman–Crippen MR) is 150 cm³/mol. The first-order valence-electron chi connectivity index (χ1n) is 12.5. The van der Waals surface area contributed by atoms with Gasteiger partial charge in [0, 0.05) is 26.8 Å². The van der Waals surface area contributed by atoms with E-state index in [1.54, 1.807) is 12.1 Å². The Balaban J connectivity index is 1.36. The minimum Gasteiger partial charge on any atom is -0.454 e. The fourth-order valence-corrected chi connectivity index (χ4v) is 5.40. The van der Waals surface area contributed by atoms with Crippen LogP contribution in [0.2, 0.25) is 25.7 Å². The predicted octanol–water partition coefficient (Wildman–Crippen LogP) is 6.94. The Kier molecular flexibility index (Phi) is 5.92. The number of aromatic nitrogens is 2. The third kappa shape index (κ3) is 4.52. The minimum absolute atomic E-state index is 0.0586. The number of anilines is 3. The molecule has 38 heavy (non-hydrogen) atoms. The molecule has 3 heterocycles. The lowest BCUT2D eigenvalue weighted by Gasteiger charge is -2.34. The van der Waals surface area contributed by atoms with E-state index in [0.717, 1.165) is 56.8 Å². The second-order valence-electron chi connectivity index (χ2n) is 10.7. The highest BCUT2D eigenvalue weighted by molar-refractivity contribution is 6.76. The number of nitrogens with zero attached hydrogens (tertiary/aromatic N) is 4. The van der Waals surface area contributed by atoms with E-state index in [0.29, 0.717) is 13.3 Å². The van der Waals surface area contributed by atoms with Gasteiger partial charge >= 0.3 is 0 Å². The molecule has 1 aromatic heterocycles. The lowest BCUT2D eigenvalue weighted by atomic mass is 10.0. The van der Waals surface area contributed by atoms with Gasteiger partial charge in [0.1, 0.15) is 6.73 Å². The Morgan fingerprint density at radius 2 is 1.89 bits per heavy atom. The van der Waals surface area contributed by atoms with E-state index in [1.165, 1.54) is 6.07 Å². The van der Waals surface area contributed by atoms with Crippen LogP contribution in [-0.4, -0.2) is 36.2 Å². The standard InChI is InChI=1S/C28H28N4O5Si/c1-38(2,3)12-11-35-17-30-24-15-22-16-25(31(22)20-5-4-6-21(14-20)32(33)34)28(24)23(29-30)9-7-19-8-10-26-27(13-19)37-18-36-26/h4-10,13-16H,11-12,17-18H2,1-3H3. The van der Waals surface area contributed by atoms with Gasteiger partial charge in [-0.15, -0.1) is 0 Å². The van der Waals surface area contributed by atoms with Gasteiger partial charge in [0.05, 0.1) is 38.6 Å². The summed E-state index contributed by atoms with van der Waals surface area (Å²) in [5.74, 6) is 1.46. The third-order valence-electron chi connectivity index (χ3n) is 6.68. The Morgan fingerprint density at radius 1 is 1.05 bits per heavy atom. The van der Waals surface area contributed by atoms with Crippen molar-refractivity contribution in [3.05, 3.63) is 76.0 Å². The number of nitro benzene ring substituents is 1. The summed E-state index contributed by atoms with van der Waals surface area (Å²) < 4.78 is 18.9. The first kappa shape index (κ1) is 24.2. The van der Waals surface area contributed by atoms with Crippen LogP contribution in [0, 0.1) is 10.1 Å². The topological polar surface area (TPSA) is 91.9 Å². The van der Waals surface area contributed by atoms with Crippen LogP contribution in [0.25, 0.3) is 23.1 Å². The molecule has 6 rings (SSSR count). The van der Waals surface area contributed by atoms with E-state index in [9.17, 15) is 10.1 Å². The van der Waals surface area contributed by atoms with Gasteiger partial charge in [-0.2, -0.15) is 5.10 Å². The zero-order valence-corrected chi connectivity index (χ0v) is 22.5. The first-order chi connectivity index (χ1) is 18.3. The monoisotopic (exact) mass is 528 g/mol. The summed E-state index contributed by atoms with van der Waals surface area (Å²) in [6.07, 6.45) is 3.98. The maximum absolute atomic E-state index is 11.4. The summed E-state index contributed by atoms with van der Waals surface area (Å²) in [6.45, 7) is 8.28. The van der Waals surface area contributed by atoms with E-state index in [4.69, 9.17) is 19.3 Å². The van der Waals surface area contributed by atoms with Crippen molar-refractivity contribution in [1.29, 1.82) is 0 Å². The van der Waals surface area contributed by atoms with Crippen LogP contribution >= 0.6 is 0 Å². The SMILES string of the molecule is C[Si](C)(C)CCOCn1nc(C=Cc2ccc3c(c2)OCO3)c2c3cc(cc21)N3c1cccc([N+](=O)[O-])c1. The fraction of sp³-hybridized carbons (Fsp3) is 0.250. The average Bonchev–Trinajstić information content (AvgIpc) is 3.49. The second kappa shape index (κ2) is 9.30. The highest BCUT2D eigenvalue weighted by Gasteiger charge is 2.30. The molecule has 0 amide bonds. The molecule has 2 aliphatic heterocycles. The summed E-state index contributed by atoms with van der Waals surface area (Å²) in [6, 6.07) is 17.7. The van der Waals surface area contributed by atoms with Crippen molar-refractivity contribution in [1.82, 2.24) is 9.78 Å². The molecular formula is C28H28N4O5Si. The van der Waals surface area contributed by atoms with Crippen LogP contribution in [0.5, 0.6) is 11.5 Å².